The third-order valence-electron chi connectivity index (χ3n) is 4.91. The molecular weight excluding hydrogens is 338 g/mol. The summed E-state index contributed by atoms with van der Waals surface area (Å²) in [6.07, 6.45) is 8.75. The highest BCUT2D eigenvalue weighted by atomic mass is 16.5. The minimum atomic E-state index is -0.271. The molecule has 1 aliphatic heterocycles. The van der Waals surface area contributed by atoms with Crippen LogP contribution in [0.25, 0.3) is 0 Å². The van der Waals surface area contributed by atoms with E-state index < -0.39 is 0 Å². The summed E-state index contributed by atoms with van der Waals surface area (Å²) in [5.74, 6) is 0.223. The molecule has 2 aromatic carbocycles. The Morgan fingerprint density at radius 1 is 0.741 bits per heavy atom. The number of carbonyl (C=O) groups excluding carboxylic acids is 2. The first-order valence-corrected chi connectivity index (χ1v) is 9.93. The Balaban J connectivity index is 1.48. The predicted octanol–water partition coefficient (Wildman–Crippen LogP) is 5.62. The molecular formula is C23H27NO3. The van der Waals surface area contributed by atoms with Crippen LogP contribution in [0.4, 0.5) is 5.69 Å². The van der Waals surface area contributed by atoms with Gasteiger partial charge in [-0.15, -0.1) is 0 Å². The molecule has 0 saturated carbocycles. The second-order valence-electron chi connectivity index (χ2n) is 6.95. The summed E-state index contributed by atoms with van der Waals surface area (Å²) in [5, 5.41) is 0. The lowest BCUT2D eigenvalue weighted by Gasteiger charge is -2.14. The van der Waals surface area contributed by atoms with Crippen LogP contribution < -0.4 is 9.64 Å². The highest BCUT2D eigenvalue weighted by Crippen LogP contribution is 2.29. The number of anilines is 1. The maximum atomic E-state index is 12.5. The van der Waals surface area contributed by atoms with Crippen LogP contribution in [0, 0.1) is 0 Å². The third-order valence-corrected chi connectivity index (χ3v) is 4.91. The van der Waals surface area contributed by atoms with Crippen LogP contribution in [0.3, 0.4) is 0 Å². The van der Waals surface area contributed by atoms with Crippen LogP contribution in [0.5, 0.6) is 5.75 Å². The molecule has 0 aromatic heterocycles. The maximum absolute atomic E-state index is 12.5. The van der Waals surface area contributed by atoms with Crippen molar-refractivity contribution in [2.45, 2.75) is 51.9 Å². The zero-order valence-electron chi connectivity index (χ0n) is 15.9. The van der Waals surface area contributed by atoms with Crippen molar-refractivity contribution >= 4 is 17.5 Å². The van der Waals surface area contributed by atoms with Gasteiger partial charge in [0.05, 0.1) is 23.4 Å². The quantitative estimate of drug-likeness (QED) is 0.406. The van der Waals surface area contributed by atoms with E-state index in [1.54, 1.807) is 36.4 Å². The smallest absolute Gasteiger partial charge is 0.266 e. The number of hydrogen-bond donors (Lipinski definition) is 0. The van der Waals surface area contributed by atoms with E-state index in [1.165, 1.54) is 43.4 Å². The lowest BCUT2D eigenvalue weighted by molar-refractivity contribution is 0.0926. The Morgan fingerprint density at radius 3 is 1.89 bits per heavy atom. The number of amides is 2. The molecule has 0 aliphatic carbocycles. The molecule has 142 valence electrons. The lowest BCUT2D eigenvalue weighted by atomic mass is 10.1. The minimum Gasteiger partial charge on any atom is -0.494 e. The largest absolute Gasteiger partial charge is 0.494 e. The molecule has 0 atom stereocenters. The topological polar surface area (TPSA) is 46.6 Å². The number of rotatable bonds is 10. The van der Waals surface area contributed by atoms with E-state index in [2.05, 4.69) is 6.92 Å². The summed E-state index contributed by atoms with van der Waals surface area (Å²) in [6, 6.07) is 14.1. The van der Waals surface area contributed by atoms with E-state index in [1.807, 2.05) is 12.1 Å². The average molecular weight is 365 g/mol. The lowest BCUT2D eigenvalue weighted by Crippen LogP contribution is -2.29. The Kier molecular flexibility index (Phi) is 6.64. The molecule has 27 heavy (non-hydrogen) atoms. The Labute approximate surface area is 161 Å². The van der Waals surface area contributed by atoms with Crippen LogP contribution in [0.15, 0.2) is 48.5 Å². The number of nitrogens with zero attached hydrogens (tertiary/aromatic N) is 1. The first-order valence-electron chi connectivity index (χ1n) is 9.93. The second kappa shape index (κ2) is 9.36. The molecule has 4 heteroatoms. The van der Waals surface area contributed by atoms with Gasteiger partial charge in [0.1, 0.15) is 5.75 Å². The van der Waals surface area contributed by atoms with Crippen LogP contribution >= 0.6 is 0 Å². The van der Waals surface area contributed by atoms with Crippen molar-refractivity contribution in [2.24, 2.45) is 0 Å². The monoisotopic (exact) mass is 365 g/mol. The summed E-state index contributed by atoms with van der Waals surface area (Å²) >= 11 is 0. The minimum absolute atomic E-state index is 0.271. The standard InChI is InChI=1S/C23H27NO3/c1-2-3-4-5-6-7-10-17-27-19-15-13-18(14-16-19)24-22(25)20-11-8-9-12-21(20)23(24)26/h8-9,11-16H,2-7,10,17H2,1H3. The van der Waals surface area contributed by atoms with Gasteiger partial charge in [-0.05, 0) is 42.8 Å². The van der Waals surface area contributed by atoms with Gasteiger partial charge in [-0.1, -0.05) is 57.6 Å². The SMILES string of the molecule is CCCCCCCCCOc1ccc(N2C(=O)c3ccccc3C2=O)cc1. The van der Waals surface area contributed by atoms with E-state index in [0.29, 0.717) is 23.4 Å². The van der Waals surface area contributed by atoms with E-state index in [4.69, 9.17) is 4.74 Å². The van der Waals surface area contributed by atoms with Crippen molar-refractivity contribution in [3.05, 3.63) is 59.7 Å². The maximum Gasteiger partial charge on any atom is 0.266 e. The fourth-order valence-electron chi connectivity index (χ4n) is 3.36. The molecule has 1 aliphatic rings. The summed E-state index contributed by atoms with van der Waals surface area (Å²) in [5.41, 5.74) is 1.49. The van der Waals surface area contributed by atoms with Crippen molar-refractivity contribution in [1.29, 1.82) is 0 Å². The van der Waals surface area contributed by atoms with Gasteiger partial charge in [0, 0.05) is 0 Å². The Morgan fingerprint density at radius 2 is 1.30 bits per heavy atom. The number of benzene rings is 2. The van der Waals surface area contributed by atoms with E-state index in [9.17, 15) is 9.59 Å². The highest BCUT2D eigenvalue weighted by molar-refractivity contribution is 6.34. The first-order chi connectivity index (χ1) is 13.2. The fourth-order valence-corrected chi connectivity index (χ4v) is 3.36. The van der Waals surface area contributed by atoms with Gasteiger partial charge in [-0.2, -0.15) is 0 Å². The zero-order valence-corrected chi connectivity index (χ0v) is 15.9. The highest BCUT2D eigenvalue weighted by Gasteiger charge is 2.36. The zero-order chi connectivity index (χ0) is 19.1. The summed E-state index contributed by atoms with van der Waals surface area (Å²) in [6.45, 7) is 2.92. The fraction of sp³-hybridized carbons (Fsp3) is 0.391. The van der Waals surface area contributed by atoms with Gasteiger partial charge in [-0.3, -0.25) is 9.59 Å². The van der Waals surface area contributed by atoms with Gasteiger partial charge in [0.15, 0.2) is 0 Å². The van der Waals surface area contributed by atoms with Crippen molar-refractivity contribution in [1.82, 2.24) is 0 Å². The van der Waals surface area contributed by atoms with Crippen molar-refractivity contribution < 1.29 is 14.3 Å². The first kappa shape index (κ1) is 19.2. The molecule has 1 heterocycles. The van der Waals surface area contributed by atoms with Crippen LogP contribution in [0.1, 0.15) is 72.6 Å². The van der Waals surface area contributed by atoms with Gasteiger partial charge in [0.25, 0.3) is 11.8 Å². The molecule has 0 unspecified atom stereocenters. The van der Waals surface area contributed by atoms with Crippen molar-refractivity contribution in [3.8, 4) is 5.75 Å². The third kappa shape index (κ3) is 4.57. The van der Waals surface area contributed by atoms with Gasteiger partial charge < -0.3 is 4.74 Å². The molecule has 0 saturated heterocycles. The molecule has 0 fully saturated rings. The Hall–Kier alpha value is -2.62. The summed E-state index contributed by atoms with van der Waals surface area (Å²) in [7, 11) is 0. The molecule has 0 N–H and O–H groups in total. The molecule has 2 amide bonds. The normalized spacial score (nSPS) is 13.1. The summed E-state index contributed by atoms with van der Waals surface area (Å²) < 4.78 is 5.78. The van der Waals surface area contributed by atoms with E-state index >= 15 is 0 Å². The van der Waals surface area contributed by atoms with E-state index in [-0.39, 0.29) is 11.8 Å². The second-order valence-corrected chi connectivity index (χ2v) is 6.95. The average Bonchev–Trinajstić information content (AvgIpc) is 2.95. The molecule has 0 bridgehead atoms. The number of unbranched alkanes of at least 4 members (excludes halogenated alkanes) is 6. The number of hydrogen-bond acceptors (Lipinski definition) is 3. The van der Waals surface area contributed by atoms with Crippen LogP contribution in [0.2, 0.25) is 0 Å². The number of carbonyl (C=O) groups is 2. The molecule has 3 rings (SSSR count). The van der Waals surface area contributed by atoms with Gasteiger partial charge >= 0.3 is 0 Å². The number of ether oxygens (including phenoxy) is 1. The van der Waals surface area contributed by atoms with Crippen molar-refractivity contribution in [3.63, 3.8) is 0 Å². The van der Waals surface area contributed by atoms with Crippen LogP contribution in [-0.2, 0) is 0 Å². The Bertz CT molecular complexity index is 747. The summed E-state index contributed by atoms with van der Waals surface area (Å²) in [4.78, 5) is 26.2. The number of imide groups is 1. The molecule has 2 aromatic rings. The molecule has 0 spiro atoms. The van der Waals surface area contributed by atoms with Gasteiger partial charge in [0.2, 0.25) is 0 Å². The van der Waals surface area contributed by atoms with Crippen molar-refractivity contribution in [2.75, 3.05) is 11.5 Å². The molecule has 0 radical (unpaired) electrons. The number of fused-ring (bicyclic) bond motifs is 1. The van der Waals surface area contributed by atoms with Gasteiger partial charge in [-0.25, -0.2) is 4.90 Å². The predicted molar refractivity (Wildman–Crippen MR) is 108 cm³/mol. The van der Waals surface area contributed by atoms with E-state index in [0.717, 1.165) is 12.2 Å². The molecule has 4 nitrogen and oxygen atoms in total. The van der Waals surface area contributed by atoms with Crippen LogP contribution in [-0.4, -0.2) is 18.4 Å².